The number of anilines is 1. The fourth-order valence-electron chi connectivity index (χ4n) is 3.53. The quantitative estimate of drug-likeness (QED) is 0.444. The van der Waals surface area contributed by atoms with Gasteiger partial charge in [-0.25, -0.2) is 8.42 Å². The molecule has 8 heteroatoms. The van der Waals surface area contributed by atoms with Crippen LogP contribution in [0.1, 0.15) is 32.4 Å². The largest absolute Gasteiger partial charge is 0.494 e. The second-order valence-electron chi connectivity index (χ2n) is 7.88. The zero-order valence-electron chi connectivity index (χ0n) is 19.8. The monoisotopic (exact) mass is 482 g/mol. The Kier molecular flexibility index (Phi) is 8.17. The second-order valence-corrected chi connectivity index (χ2v) is 9.74. The third-order valence-corrected chi connectivity index (χ3v) is 6.45. The number of nitrogens with one attached hydrogen (secondary N) is 1. The molecule has 0 heterocycles. The molecule has 0 aliphatic heterocycles. The summed E-state index contributed by atoms with van der Waals surface area (Å²) in [5, 5.41) is 2.90. The predicted molar refractivity (Wildman–Crippen MR) is 134 cm³/mol. The molecule has 7 nitrogen and oxygen atoms in total. The fourth-order valence-corrected chi connectivity index (χ4v) is 4.71. The molecule has 0 aliphatic carbocycles. The van der Waals surface area contributed by atoms with Crippen LogP contribution in [-0.2, 0) is 14.8 Å². The van der Waals surface area contributed by atoms with E-state index in [1.54, 1.807) is 31.2 Å². The Morgan fingerprint density at radius 1 is 0.882 bits per heavy atom. The molecule has 0 saturated heterocycles. The molecule has 0 unspecified atom stereocenters. The van der Waals surface area contributed by atoms with Crippen molar-refractivity contribution >= 4 is 21.6 Å². The maximum absolute atomic E-state index is 13.0. The predicted octanol–water partition coefficient (Wildman–Crippen LogP) is 4.91. The molecule has 3 aromatic carbocycles. The van der Waals surface area contributed by atoms with Crippen LogP contribution in [0.25, 0.3) is 0 Å². The lowest BCUT2D eigenvalue weighted by molar-refractivity contribution is -0.122. The van der Waals surface area contributed by atoms with E-state index in [1.807, 2.05) is 68.4 Å². The highest BCUT2D eigenvalue weighted by atomic mass is 32.2. The summed E-state index contributed by atoms with van der Waals surface area (Å²) in [5.74, 6) is 1.58. The van der Waals surface area contributed by atoms with Gasteiger partial charge in [0, 0.05) is 0 Å². The molecule has 3 rings (SSSR count). The van der Waals surface area contributed by atoms with E-state index in [4.69, 9.17) is 9.47 Å². The average molecular weight is 483 g/mol. The number of carbonyl (C=O) groups excluding carboxylic acids is 1. The lowest BCUT2D eigenvalue weighted by Gasteiger charge is -2.29. The molecule has 0 aromatic heterocycles. The highest BCUT2D eigenvalue weighted by Crippen LogP contribution is 2.27. The minimum atomic E-state index is -3.73. The summed E-state index contributed by atoms with van der Waals surface area (Å²) in [6.45, 7) is 5.90. The maximum atomic E-state index is 13.0. The van der Waals surface area contributed by atoms with Gasteiger partial charge in [0.1, 0.15) is 23.3 Å². The van der Waals surface area contributed by atoms with Gasteiger partial charge in [0.05, 0.1) is 24.6 Å². The van der Waals surface area contributed by atoms with Crippen LogP contribution in [0.15, 0.2) is 78.9 Å². The highest BCUT2D eigenvalue weighted by Gasteiger charge is 2.30. The smallest absolute Gasteiger partial charge is 0.244 e. The van der Waals surface area contributed by atoms with Crippen LogP contribution in [0.2, 0.25) is 0 Å². The first-order valence-corrected chi connectivity index (χ1v) is 12.9. The maximum Gasteiger partial charge on any atom is 0.244 e. The van der Waals surface area contributed by atoms with Crippen molar-refractivity contribution in [2.75, 3.05) is 17.2 Å². The molecule has 0 fully saturated rings. The SMILES string of the molecule is CCOc1ccc([C@@H](C)NC(=O)[C@H](C)N(c2ccc(Oc3ccccc3)cc2)S(C)(=O)=O)cc1. The standard InChI is InChI=1S/C26H30N2O5S/c1-5-32-23-15-11-21(12-16-23)19(2)27-26(29)20(3)28(34(4,30)31)22-13-17-25(18-14-22)33-24-9-7-6-8-10-24/h6-20H,5H2,1-4H3,(H,27,29)/t19-,20+/m1/s1. The molecule has 0 radical (unpaired) electrons. The molecular formula is C26H30N2O5S. The van der Waals surface area contributed by atoms with Crippen molar-refractivity contribution in [2.45, 2.75) is 32.9 Å². The summed E-state index contributed by atoms with van der Waals surface area (Å²) in [4.78, 5) is 13.0. The van der Waals surface area contributed by atoms with E-state index in [-0.39, 0.29) is 6.04 Å². The van der Waals surface area contributed by atoms with Crippen LogP contribution in [0.4, 0.5) is 5.69 Å². The number of amides is 1. The van der Waals surface area contributed by atoms with Gasteiger partial charge >= 0.3 is 0 Å². The Morgan fingerprint density at radius 3 is 2.00 bits per heavy atom. The van der Waals surface area contributed by atoms with Crippen molar-refractivity contribution in [2.24, 2.45) is 0 Å². The number of ether oxygens (including phenoxy) is 2. The van der Waals surface area contributed by atoms with Gasteiger partial charge in [-0.05, 0) is 74.9 Å². The summed E-state index contributed by atoms with van der Waals surface area (Å²) in [6, 6.07) is 22.0. The van der Waals surface area contributed by atoms with Crippen molar-refractivity contribution in [1.29, 1.82) is 0 Å². The van der Waals surface area contributed by atoms with Gasteiger partial charge in [-0.1, -0.05) is 30.3 Å². The van der Waals surface area contributed by atoms with Crippen molar-refractivity contribution in [3.8, 4) is 17.2 Å². The molecular weight excluding hydrogens is 452 g/mol. The number of carbonyl (C=O) groups is 1. The number of nitrogens with zero attached hydrogens (tertiary/aromatic N) is 1. The number of hydrogen-bond acceptors (Lipinski definition) is 5. The number of benzene rings is 3. The van der Waals surface area contributed by atoms with Gasteiger partial charge in [0.15, 0.2) is 0 Å². The Bertz CT molecular complexity index is 1180. The summed E-state index contributed by atoms with van der Waals surface area (Å²) in [5.41, 5.74) is 1.26. The fraction of sp³-hybridized carbons (Fsp3) is 0.269. The van der Waals surface area contributed by atoms with Gasteiger partial charge in [-0.2, -0.15) is 0 Å². The summed E-state index contributed by atoms with van der Waals surface area (Å²) < 4.78 is 37.6. The van der Waals surface area contributed by atoms with Crippen LogP contribution in [0, 0.1) is 0 Å². The van der Waals surface area contributed by atoms with Crippen LogP contribution < -0.4 is 19.1 Å². The van der Waals surface area contributed by atoms with Crippen LogP contribution in [-0.4, -0.2) is 33.2 Å². The minimum absolute atomic E-state index is 0.311. The van der Waals surface area contributed by atoms with Crippen molar-refractivity contribution in [3.05, 3.63) is 84.4 Å². The van der Waals surface area contributed by atoms with Crippen molar-refractivity contribution in [1.82, 2.24) is 5.32 Å². The van der Waals surface area contributed by atoms with Crippen LogP contribution in [0.3, 0.4) is 0 Å². The Labute approximate surface area is 201 Å². The van der Waals surface area contributed by atoms with Gasteiger partial charge < -0.3 is 14.8 Å². The first-order valence-electron chi connectivity index (χ1n) is 11.0. The van der Waals surface area contributed by atoms with E-state index < -0.39 is 22.0 Å². The molecule has 34 heavy (non-hydrogen) atoms. The average Bonchev–Trinajstić information content (AvgIpc) is 2.80. The molecule has 1 amide bonds. The highest BCUT2D eigenvalue weighted by molar-refractivity contribution is 7.92. The zero-order chi connectivity index (χ0) is 24.7. The zero-order valence-corrected chi connectivity index (χ0v) is 20.6. The van der Waals surface area contributed by atoms with Gasteiger partial charge in [-0.15, -0.1) is 0 Å². The number of hydrogen-bond donors (Lipinski definition) is 1. The molecule has 0 aliphatic rings. The Balaban J connectivity index is 1.73. The summed E-state index contributed by atoms with van der Waals surface area (Å²) in [6.07, 6.45) is 1.08. The normalized spacial score (nSPS) is 12.9. The lowest BCUT2D eigenvalue weighted by atomic mass is 10.1. The summed E-state index contributed by atoms with van der Waals surface area (Å²) >= 11 is 0. The summed E-state index contributed by atoms with van der Waals surface area (Å²) in [7, 11) is -3.73. The molecule has 1 N–H and O–H groups in total. The molecule has 180 valence electrons. The van der Waals surface area contributed by atoms with E-state index >= 15 is 0 Å². The van der Waals surface area contributed by atoms with E-state index in [9.17, 15) is 13.2 Å². The second kappa shape index (κ2) is 11.1. The topological polar surface area (TPSA) is 84.9 Å². The Hall–Kier alpha value is -3.52. The van der Waals surface area contributed by atoms with E-state index in [0.717, 1.165) is 21.9 Å². The Morgan fingerprint density at radius 2 is 1.44 bits per heavy atom. The molecule has 0 saturated carbocycles. The van der Waals surface area contributed by atoms with Crippen molar-refractivity contribution < 1.29 is 22.7 Å². The first-order chi connectivity index (χ1) is 16.2. The minimum Gasteiger partial charge on any atom is -0.494 e. The lowest BCUT2D eigenvalue weighted by Crippen LogP contribution is -2.48. The number of sulfonamides is 1. The van der Waals surface area contributed by atoms with E-state index in [2.05, 4.69) is 5.32 Å². The third kappa shape index (κ3) is 6.51. The molecule has 2 atom stereocenters. The van der Waals surface area contributed by atoms with Gasteiger partial charge in [0.25, 0.3) is 0 Å². The third-order valence-electron chi connectivity index (χ3n) is 5.21. The van der Waals surface area contributed by atoms with Crippen LogP contribution >= 0.6 is 0 Å². The van der Waals surface area contributed by atoms with Gasteiger partial charge in [0.2, 0.25) is 15.9 Å². The van der Waals surface area contributed by atoms with E-state index in [0.29, 0.717) is 23.8 Å². The first kappa shape index (κ1) is 25.1. The molecule has 0 spiro atoms. The van der Waals surface area contributed by atoms with Gasteiger partial charge in [-0.3, -0.25) is 9.10 Å². The van der Waals surface area contributed by atoms with E-state index in [1.165, 1.54) is 0 Å². The van der Waals surface area contributed by atoms with Crippen molar-refractivity contribution in [3.63, 3.8) is 0 Å². The number of para-hydroxylation sites is 1. The molecule has 3 aromatic rings. The molecule has 0 bridgehead atoms. The van der Waals surface area contributed by atoms with Crippen LogP contribution in [0.5, 0.6) is 17.2 Å². The number of rotatable bonds is 10.